The molecule has 0 aromatic rings. The first kappa shape index (κ1) is 11.0. The molecule has 1 rings (SSSR count). The molecule has 0 saturated carbocycles. The van der Waals surface area contributed by atoms with Crippen LogP contribution in [-0.2, 0) is 9.59 Å². The monoisotopic (exact) mass is 200 g/mol. The van der Waals surface area contributed by atoms with Crippen molar-refractivity contribution in [2.75, 3.05) is 19.6 Å². The molecule has 0 radical (unpaired) electrons. The van der Waals surface area contributed by atoms with Crippen LogP contribution < -0.4 is 5.32 Å². The highest BCUT2D eigenvalue weighted by atomic mass is 16.4. The smallest absolute Gasteiger partial charge is 0.323 e. The van der Waals surface area contributed by atoms with Crippen LogP contribution >= 0.6 is 0 Å². The molecule has 0 bridgehead atoms. The normalized spacial score (nSPS) is 20.8. The molecule has 1 unspecified atom stereocenters. The highest BCUT2D eigenvalue weighted by Gasteiger charge is 2.26. The highest BCUT2D eigenvalue weighted by Crippen LogP contribution is 2.08. The fraction of sp³-hybridized carbons (Fsp3) is 0.778. The summed E-state index contributed by atoms with van der Waals surface area (Å²) >= 11 is 0. The Morgan fingerprint density at radius 2 is 2.29 bits per heavy atom. The summed E-state index contributed by atoms with van der Waals surface area (Å²) in [6.45, 7) is 2.88. The van der Waals surface area contributed by atoms with Crippen LogP contribution in [0.2, 0.25) is 0 Å². The number of hydrogen-bond donors (Lipinski definition) is 2. The molecular weight excluding hydrogens is 184 g/mol. The maximum absolute atomic E-state index is 11.7. The Kier molecular flexibility index (Phi) is 3.88. The van der Waals surface area contributed by atoms with Crippen LogP contribution in [0.15, 0.2) is 0 Å². The average Bonchev–Trinajstić information content (AvgIpc) is 2.65. The van der Waals surface area contributed by atoms with E-state index in [1.807, 2.05) is 0 Å². The van der Waals surface area contributed by atoms with Crippen molar-refractivity contribution in [3.63, 3.8) is 0 Å². The van der Waals surface area contributed by atoms with Crippen molar-refractivity contribution in [2.45, 2.75) is 25.8 Å². The van der Waals surface area contributed by atoms with Crippen molar-refractivity contribution in [3.05, 3.63) is 0 Å². The lowest BCUT2D eigenvalue weighted by atomic mass is 10.2. The zero-order chi connectivity index (χ0) is 10.6. The van der Waals surface area contributed by atoms with Gasteiger partial charge in [0.25, 0.3) is 0 Å². The molecule has 80 valence electrons. The number of nitrogens with zero attached hydrogens (tertiary/aromatic N) is 1. The van der Waals surface area contributed by atoms with Gasteiger partial charge < -0.3 is 15.3 Å². The predicted octanol–water partition coefficient (Wildman–Crippen LogP) is -0.328. The molecule has 1 aliphatic heterocycles. The van der Waals surface area contributed by atoms with E-state index in [4.69, 9.17) is 5.11 Å². The number of aliphatic carboxylic acids is 1. The summed E-state index contributed by atoms with van der Waals surface area (Å²) in [5.74, 6) is -1.05. The van der Waals surface area contributed by atoms with Crippen molar-refractivity contribution in [1.29, 1.82) is 0 Å². The Morgan fingerprint density at radius 1 is 1.57 bits per heavy atom. The first-order valence-electron chi connectivity index (χ1n) is 4.89. The summed E-state index contributed by atoms with van der Waals surface area (Å²) in [6, 6.07) is -0.172. The van der Waals surface area contributed by atoms with Gasteiger partial charge in [0.1, 0.15) is 6.54 Å². The van der Waals surface area contributed by atoms with E-state index < -0.39 is 5.97 Å². The van der Waals surface area contributed by atoms with Crippen LogP contribution in [0.5, 0.6) is 0 Å². The zero-order valence-corrected chi connectivity index (χ0v) is 8.32. The Labute approximate surface area is 83.1 Å². The molecule has 1 fully saturated rings. The largest absolute Gasteiger partial charge is 0.480 e. The van der Waals surface area contributed by atoms with E-state index >= 15 is 0 Å². The molecule has 0 aromatic carbocycles. The molecular formula is C9H16N2O3. The van der Waals surface area contributed by atoms with Gasteiger partial charge in [0.2, 0.25) is 5.91 Å². The Balaban J connectivity index is 2.50. The number of carboxylic acids is 1. The van der Waals surface area contributed by atoms with Crippen LogP contribution in [-0.4, -0.2) is 47.6 Å². The van der Waals surface area contributed by atoms with Gasteiger partial charge in [-0.25, -0.2) is 0 Å². The van der Waals surface area contributed by atoms with Crippen LogP contribution in [0.1, 0.15) is 19.8 Å². The Bertz CT molecular complexity index is 224. The van der Waals surface area contributed by atoms with Crippen molar-refractivity contribution in [1.82, 2.24) is 10.2 Å². The van der Waals surface area contributed by atoms with Crippen molar-refractivity contribution in [2.24, 2.45) is 0 Å². The fourth-order valence-electron chi connectivity index (χ4n) is 1.62. The lowest BCUT2D eigenvalue weighted by molar-refractivity contribution is -0.145. The van der Waals surface area contributed by atoms with Crippen LogP contribution in [0.3, 0.4) is 0 Å². The second-order valence-electron chi connectivity index (χ2n) is 3.40. The van der Waals surface area contributed by atoms with Gasteiger partial charge in [-0.2, -0.15) is 0 Å². The molecule has 5 nitrogen and oxygen atoms in total. The van der Waals surface area contributed by atoms with E-state index in [1.165, 1.54) is 4.90 Å². The van der Waals surface area contributed by atoms with Crippen LogP contribution in [0.25, 0.3) is 0 Å². The molecule has 1 amide bonds. The number of carboxylic acid groups (broad SMARTS) is 1. The van der Waals surface area contributed by atoms with E-state index in [0.29, 0.717) is 6.54 Å². The number of carbonyl (C=O) groups is 2. The minimum atomic E-state index is -0.960. The summed E-state index contributed by atoms with van der Waals surface area (Å²) in [5.41, 5.74) is 0. The van der Waals surface area contributed by atoms with Gasteiger partial charge in [0.15, 0.2) is 0 Å². The number of nitrogens with one attached hydrogen (secondary N) is 1. The summed E-state index contributed by atoms with van der Waals surface area (Å²) < 4.78 is 0. The highest BCUT2D eigenvalue weighted by molar-refractivity contribution is 5.85. The molecule has 0 spiro atoms. The molecule has 5 heteroatoms. The molecule has 1 heterocycles. The van der Waals surface area contributed by atoms with Crippen LogP contribution in [0, 0.1) is 0 Å². The lowest BCUT2D eigenvalue weighted by Crippen LogP contribution is -2.45. The predicted molar refractivity (Wildman–Crippen MR) is 50.9 cm³/mol. The zero-order valence-electron chi connectivity index (χ0n) is 8.32. The van der Waals surface area contributed by atoms with Gasteiger partial charge in [-0.15, -0.1) is 0 Å². The molecule has 1 atom stereocenters. The number of amides is 1. The molecule has 14 heavy (non-hydrogen) atoms. The van der Waals surface area contributed by atoms with Gasteiger partial charge >= 0.3 is 5.97 Å². The van der Waals surface area contributed by atoms with Gasteiger partial charge in [0, 0.05) is 6.54 Å². The third-order valence-corrected chi connectivity index (χ3v) is 2.38. The molecule has 0 aliphatic carbocycles. The number of rotatable bonds is 4. The van der Waals surface area contributed by atoms with Crippen molar-refractivity contribution in [3.8, 4) is 0 Å². The minimum Gasteiger partial charge on any atom is -0.480 e. The summed E-state index contributed by atoms with van der Waals surface area (Å²) in [7, 11) is 0. The van der Waals surface area contributed by atoms with E-state index in [9.17, 15) is 9.59 Å². The Morgan fingerprint density at radius 3 is 2.71 bits per heavy atom. The SMILES string of the molecule is CCN(CC(=O)O)C(=O)C1CCCN1. The van der Waals surface area contributed by atoms with E-state index in [2.05, 4.69) is 5.32 Å². The van der Waals surface area contributed by atoms with Crippen molar-refractivity contribution < 1.29 is 14.7 Å². The van der Waals surface area contributed by atoms with Gasteiger partial charge in [-0.1, -0.05) is 0 Å². The topological polar surface area (TPSA) is 69.6 Å². The third kappa shape index (κ3) is 2.70. The second-order valence-corrected chi connectivity index (χ2v) is 3.40. The molecule has 1 saturated heterocycles. The second kappa shape index (κ2) is 4.95. The van der Waals surface area contributed by atoms with E-state index in [0.717, 1.165) is 19.4 Å². The maximum atomic E-state index is 11.7. The van der Waals surface area contributed by atoms with Crippen molar-refractivity contribution >= 4 is 11.9 Å². The molecule has 2 N–H and O–H groups in total. The maximum Gasteiger partial charge on any atom is 0.323 e. The third-order valence-electron chi connectivity index (χ3n) is 2.38. The van der Waals surface area contributed by atoms with Gasteiger partial charge in [-0.3, -0.25) is 9.59 Å². The van der Waals surface area contributed by atoms with Gasteiger partial charge in [-0.05, 0) is 26.3 Å². The number of likely N-dealkylation sites (N-methyl/N-ethyl adjacent to an activating group) is 1. The van der Waals surface area contributed by atoms with E-state index in [-0.39, 0.29) is 18.5 Å². The van der Waals surface area contributed by atoms with Crippen LogP contribution in [0.4, 0.5) is 0 Å². The fourth-order valence-corrected chi connectivity index (χ4v) is 1.62. The number of carbonyl (C=O) groups excluding carboxylic acids is 1. The lowest BCUT2D eigenvalue weighted by Gasteiger charge is -2.22. The van der Waals surface area contributed by atoms with Gasteiger partial charge in [0.05, 0.1) is 6.04 Å². The molecule has 1 aliphatic rings. The average molecular weight is 200 g/mol. The number of hydrogen-bond acceptors (Lipinski definition) is 3. The minimum absolute atomic E-state index is 0.0904. The summed E-state index contributed by atoms with van der Waals surface area (Å²) in [6.07, 6.45) is 1.80. The quantitative estimate of drug-likeness (QED) is 0.652. The first-order chi connectivity index (χ1) is 6.65. The standard InChI is InChI=1S/C9H16N2O3/c1-2-11(6-8(12)13)9(14)7-4-3-5-10-7/h7,10H,2-6H2,1H3,(H,12,13). The Hall–Kier alpha value is -1.10. The summed E-state index contributed by atoms with van der Waals surface area (Å²) in [4.78, 5) is 23.6. The summed E-state index contributed by atoms with van der Waals surface area (Å²) in [5, 5.41) is 11.7. The first-order valence-corrected chi connectivity index (χ1v) is 4.89. The van der Waals surface area contributed by atoms with E-state index in [1.54, 1.807) is 6.92 Å². The molecule has 0 aromatic heterocycles.